The summed E-state index contributed by atoms with van der Waals surface area (Å²) in [6.45, 7) is 0.902. The number of fused-ring (bicyclic) bond motifs is 1. The maximum Gasteiger partial charge on any atom is 0.230 e. The van der Waals surface area contributed by atoms with Crippen molar-refractivity contribution in [2.45, 2.75) is 56.0 Å². The monoisotopic (exact) mass is 434 g/mol. The van der Waals surface area contributed by atoms with Crippen LogP contribution >= 0.6 is 0 Å². The van der Waals surface area contributed by atoms with Crippen LogP contribution < -0.4 is 5.32 Å². The average Bonchev–Trinajstić information content (AvgIpc) is 2.81. The summed E-state index contributed by atoms with van der Waals surface area (Å²) in [5.41, 5.74) is 2.40. The van der Waals surface area contributed by atoms with Crippen LogP contribution in [0.2, 0.25) is 0 Å². The number of phenolic OH excluding ortho intramolecular Hbond substituents is 2. The van der Waals surface area contributed by atoms with Gasteiger partial charge in [-0.2, -0.15) is 0 Å². The van der Waals surface area contributed by atoms with Crippen molar-refractivity contribution in [1.82, 2.24) is 10.2 Å². The van der Waals surface area contributed by atoms with Crippen molar-refractivity contribution in [1.29, 1.82) is 0 Å². The number of nitrogens with one attached hydrogen (secondary N) is 1. The number of carbonyl (C=O) groups is 2. The van der Waals surface area contributed by atoms with Crippen molar-refractivity contribution >= 4 is 11.7 Å². The number of rotatable bonds is 4. The molecule has 0 radical (unpaired) electrons. The fraction of sp³-hybridized carbons (Fsp3) is 0.462. The highest BCUT2D eigenvalue weighted by Crippen LogP contribution is 2.56. The molecule has 2 aromatic rings. The fourth-order valence-corrected chi connectivity index (χ4v) is 6.52. The van der Waals surface area contributed by atoms with E-state index in [4.69, 9.17) is 0 Å². The SMILES string of the molecule is CN(C(=O)CC(=O)c1ccccc1)[C@H]1CC[C@H]2[C@H]3Cc4c(ccc(O)c4O)[C@@]2(CCN3)C1. The zero-order chi connectivity index (χ0) is 22.5. The number of amides is 1. The summed E-state index contributed by atoms with van der Waals surface area (Å²) in [7, 11) is 1.82. The molecule has 6 nitrogen and oxygen atoms in total. The van der Waals surface area contributed by atoms with Gasteiger partial charge in [0, 0.05) is 35.7 Å². The number of Topliss-reactive ketones (excluding diaryl/α,β-unsaturated/α-hetero) is 1. The van der Waals surface area contributed by atoms with E-state index >= 15 is 0 Å². The lowest BCUT2D eigenvalue weighted by Gasteiger charge is -2.58. The van der Waals surface area contributed by atoms with Crippen LogP contribution in [0.15, 0.2) is 42.5 Å². The average molecular weight is 435 g/mol. The number of benzene rings is 2. The van der Waals surface area contributed by atoms with Crippen molar-refractivity contribution in [3.63, 3.8) is 0 Å². The number of nitrogens with zero attached hydrogens (tertiary/aromatic N) is 1. The highest BCUT2D eigenvalue weighted by molar-refractivity contribution is 6.07. The van der Waals surface area contributed by atoms with Crippen molar-refractivity contribution in [3.8, 4) is 11.5 Å². The maximum absolute atomic E-state index is 13.0. The van der Waals surface area contributed by atoms with E-state index in [2.05, 4.69) is 5.32 Å². The van der Waals surface area contributed by atoms with E-state index < -0.39 is 0 Å². The Kier molecular flexibility index (Phi) is 5.20. The predicted molar refractivity (Wildman–Crippen MR) is 121 cm³/mol. The summed E-state index contributed by atoms with van der Waals surface area (Å²) in [6.07, 6.45) is 4.25. The van der Waals surface area contributed by atoms with Gasteiger partial charge >= 0.3 is 0 Å². The van der Waals surface area contributed by atoms with Crippen molar-refractivity contribution in [3.05, 3.63) is 59.2 Å². The van der Waals surface area contributed by atoms with Crippen LogP contribution in [-0.4, -0.2) is 52.5 Å². The van der Waals surface area contributed by atoms with E-state index in [1.54, 1.807) is 23.1 Å². The van der Waals surface area contributed by atoms with Gasteiger partial charge in [-0.15, -0.1) is 0 Å². The topological polar surface area (TPSA) is 89.9 Å². The largest absolute Gasteiger partial charge is 0.504 e. The molecule has 3 aliphatic rings. The van der Waals surface area contributed by atoms with Crippen LogP contribution in [0.1, 0.15) is 53.6 Å². The second-order valence-electron chi connectivity index (χ2n) is 9.64. The van der Waals surface area contributed by atoms with E-state index in [-0.39, 0.29) is 47.1 Å². The molecule has 2 aromatic carbocycles. The Balaban J connectivity index is 1.40. The molecule has 0 unspecified atom stereocenters. The number of carbonyl (C=O) groups excluding carboxylic acids is 2. The Morgan fingerprint density at radius 2 is 1.91 bits per heavy atom. The van der Waals surface area contributed by atoms with E-state index in [0.29, 0.717) is 17.9 Å². The highest BCUT2D eigenvalue weighted by atomic mass is 16.3. The molecule has 1 saturated carbocycles. The Morgan fingerprint density at radius 3 is 2.69 bits per heavy atom. The van der Waals surface area contributed by atoms with Gasteiger partial charge in [0.15, 0.2) is 17.3 Å². The number of piperidine rings is 1. The summed E-state index contributed by atoms with van der Waals surface area (Å²) in [4.78, 5) is 27.4. The third-order valence-electron chi connectivity index (χ3n) is 8.15. The van der Waals surface area contributed by atoms with E-state index in [0.717, 1.165) is 43.4 Å². The van der Waals surface area contributed by atoms with E-state index in [9.17, 15) is 19.8 Å². The van der Waals surface area contributed by atoms with Gasteiger partial charge in [-0.25, -0.2) is 0 Å². The molecule has 1 heterocycles. The first-order valence-electron chi connectivity index (χ1n) is 11.5. The first kappa shape index (κ1) is 21.0. The Bertz CT molecular complexity index is 1050. The molecular weight excluding hydrogens is 404 g/mol. The van der Waals surface area contributed by atoms with Crippen LogP contribution in [0.5, 0.6) is 11.5 Å². The maximum atomic E-state index is 13.0. The predicted octanol–water partition coefficient (Wildman–Crippen LogP) is 3.15. The molecule has 2 fully saturated rings. The number of hydrogen-bond donors (Lipinski definition) is 3. The molecule has 3 N–H and O–H groups in total. The second kappa shape index (κ2) is 7.93. The molecule has 32 heavy (non-hydrogen) atoms. The van der Waals surface area contributed by atoms with Gasteiger partial charge < -0.3 is 20.4 Å². The van der Waals surface area contributed by atoms with Crippen LogP contribution in [0.3, 0.4) is 0 Å². The zero-order valence-electron chi connectivity index (χ0n) is 18.4. The normalized spacial score (nSPS) is 28.3. The van der Waals surface area contributed by atoms with Gasteiger partial charge in [0.2, 0.25) is 5.91 Å². The zero-order valence-corrected chi connectivity index (χ0v) is 18.4. The third kappa shape index (κ3) is 3.28. The van der Waals surface area contributed by atoms with Gasteiger partial charge in [-0.3, -0.25) is 9.59 Å². The minimum atomic E-state index is -0.153. The minimum Gasteiger partial charge on any atom is -0.504 e. The minimum absolute atomic E-state index is 0.00552. The van der Waals surface area contributed by atoms with Crippen LogP contribution in [0.4, 0.5) is 0 Å². The standard InChI is InChI=1S/C26H30N2O4/c1-28(24(31)14-23(30)16-5-3-2-4-6-16)17-7-8-20-21-13-18-19(9-10-22(29)25(18)32)26(20,15-17)11-12-27-21/h2-6,9-10,17,20-21,27,29,32H,7-8,11-15H2,1H3/t17-,20-,21+,26+/m0/s1. The van der Waals surface area contributed by atoms with E-state index in [1.165, 1.54) is 0 Å². The highest BCUT2D eigenvalue weighted by Gasteiger charge is 2.54. The number of ketones is 1. The number of hydrogen-bond acceptors (Lipinski definition) is 5. The lowest BCUT2D eigenvalue weighted by Crippen LogP contribution is -2.62. The molecule has 0 spiro atoms. The summed E-state index contributed by atoms with van der Waals surface area (Å²) < 4.78 is 0. The number of phenols is 2. The van der Waals surface area contributed by atoms with Crippen LogP contribution in [0.25, 0.3) is 0 Å². The molecule has 2 bridgehead atoms. The molecule has 1 aliphatic heterocycles. The van der Waals surface area contributed by atoms with Gasteiger partial charge in [-0.1, -0.05) is 36.4 Å². The smallest absolute Gasteiger partial charge is 0.230 e. The van der Waals surface area contributed by atoms with Gasteiger partial charge in [0.1, 0.15) is 0 Å². The Morgan fingerprint density at radius 1 is 1.12 bits per heavy atom. The third-order valence-corrected chi connectivity index (χ3v) is 8.15. The van der Waals surface area contributed by atoms with E-state index in [1.807, 2.05) is 31.3 Å². The first-order chi connectivity index (χ1) is 15.4. The van der Waals surface area contributed by atoms with Crippen molar-refractivity contribution < 1.29 is 19.8 Å². The summed E-state index contributed by atoms with van der Waals surface area (Å²) in [5.74, 6) is 0.0663. The molecule has 0 aromatic heterocycles. The summed E-state index contributed by atoms with van der Waals surface area (Å²) in [5, 5.41) is 24.3. The molecule has 1 saturated heterocycles. The van der Waals surface area contributed by atoms with Crippen LogP contribution in [-0.2, 0) is 16.6 Å². The van der Waals surface area contributed by atoms with Gasteiger partial charge in [-0.05, 0) is 56.2 Å². The lowest BCUT2D eigenvalue weighted by molar-refractivity contribution is -0.132. The van der Waals surface area contributed by atoms with Crippen molar-refractivity contribution in [2.75, 3.05) is 13.6 Å². The fourth-order valence-electron chi connectivity index (χ4n) is 6.52. The molecule has 4 atom stereocenters. The molecular formula is C26H30N2O4. The van der Waals surface area contributed by atoms with Crippen molar-refractivity contribution in [2.24, 2.45) is 5.92 Å². The summed E-state index contributed by atoms with van der Waals surface area (Å²) in [6, 6.07) is 12.8. The first-order valence-corrected chi connectivity index (χ1v) is 11.5. The van der Waals surface area contributed by atoms with Gasteiger partial charge in [0.25, 0.3) is 0 Å². The number of aromatic hydroxyl groups is 2. The molecule has 1 amide bonds. The van der Waals surface area contributed by atoms with Gasteiger partial charge in [0.05, 0.1) is 6.42 Å². The Hall–Kier alpha value is -2.86. The quantitative estimate of drug-likeness (QED) is 0.391. The molecule has 168 valence electrons. The lowest BCUT2D eigenvalue weighted by atomic mass is 9.51. The molecule has 2 aliphatic carbocycles. The second-order valence-corrected chi connectivity index (χ2v) is 9.64. The molecule has 6 heteroatoms. The molecule has 5 rings (SSSR count). The van der Waals surface area contributed by atoms with Crippen LogP contribution in [0, 0.1) is 5.92 Å². The summed E-state index contributed by atoms with van der Waals surface area (Å²) >= 11 is 0. The Labute approximate surface area is 188 Å².